The first-order valence-corrected chi connectivity index (χ1v) is 9.34. The van der Waals surface area contributed by atoms with Crippen molar-refractivity contribution in [2.75, 3.05) is 18.4 Å². The molecule has 1 fully saturated rings. The van der Waals surface area contributed by atoms with Crippen LogP contribution in [-0.4, -0.2) is 34.4 Å². The molecule has 6 heteroatoms. The Morgan fingerprint density at radius 2 is 1.89 bits per heavy atom. The van der Waals surface area contributed by atoms with E-state index in [1.165, 1.54) is 0 Å². The minimum atomic E-state index is -0.290. The molecule has 2 aliphatic rings. The summed E-state index contributed by atoms with van der Waals surface area (Å²) in [7, 11) is 0. The fourth-order valence-electron chi connectivity index (χ4n) is 4.26. The van der Waals surface area contributed by atoms with Gasteiger partial charge in [0.1, 0.15) is 6.42 Å². The number of likely N-dealkylation sites (tertiary alicyclic amines) is 1. The van der Waals surface area contributed by atoms with Crippen LogP contribution >= 0.6 is 0 Å². The number of amides is 2. The molecule has 3 heterocycles. The van der Waals surface area contributed by atoms with E-state index >= 15 is 0 Å². The second-order valence-corrected chi connectivity index (χ2v) is 7.54. The quantitative estimate of drug-likeness (QED) is 0.847. The van der Waals surface area contributed by atoms with Gasteiger partial charge in [0, 0.05) is 43.0 Å². The summed E-state index contributed by atoms with van der Waals surface area (Å²) in [4.78, 5) is 38.9. The van der Waals surface area contributed by atoms with Crippen LogP contribution in [0.5, 0.6) is 0 Å². The molecule has 27 heavy (non-hydrogen) atoms. The number of nitrogens with one attached hydrogen (secondary N) is 1. The Morgan fingerprint density at radius 1 is 1.07 bits per heavy atom. The average molecular weight is 365 g/mol. The largest absolute Gasteiger partial charge is 0.341 e. The average Bonchev–Trinajstić information content (AvgIpc) is 2.64. The molecule has 2 aliphatic heterocycles. The molecule has 2 bridgehead atoms. The minimum Gasteiger partial charge on any atom is -0.341 e. The summed E-state index contributed by atoms with van der Waals surface area (Å²) in [5, 5.41) is 2.82. The van der Waals surface area contributed by atoms with Gasteiger partial charge in [-0.15, -0.1) is 0 Å². The smallest absolute Gasteiger partial charge is 0.250 e. The SMILES string of the molecule is Cc1ccccc1NC(=O)CC(=O)N1CC2CC(C1)c1cccc(=O)n1C2. The molecular weight excluding hydrogens is 342 g/mol. The number of rotatable bonds is 3. The monoisotopic (exact) mass is 365 g/mol. The highest BCUT2D eigenvalue weighted by atomic mass is 16.2. The number of carbonyl (C=O) groups is 2. The van der Waals surface area contributed by atoms with Gasteiger partial charge >= 0.3 is 0 Å². The van der Waals surface area contributed by atoms with Crippen LogP contribution in [-0.2, 0) is 16.1 Å². The van der Waals surface area contributed by atoms with Crippen LogP contribution in [0.1, 0.15) is 30.0 Å². The number of aromatic nitrogens is 1. The molecule has 140 valence electrons. The molecule has 1 aromatic carbocycles. The van der Waals surface area contributed by atoms with Crippen LogP contribution in [0.3, 0.4) is 0 Å². The summed E-state index contributed by atoms with van der Waals surface area (Å²) >= 11 is 0. The maximum atomic E-state index is 12.7. The Labute approximate surface area is 157 Å². The number of hydrogen-bond donors (Lipinski definition) is 1. The number of anilines is 1. The van der Waals surface area contributed by atoms with E-state index in [0.29, 0.717) is 19.6 Å². The number of carbonyl (C=O) groups excluding carboxylic acids is 2. The van der Waals surface area contributed by atoms with Crippen molar-refractivity contribution in [3.05, 3.63) is 64.1 Å². The second kappa shape index (κ2) is 7.02. The second-order valence-electron chi connectivity index (χ2n) is 7.54. The van der Waals surface area contributed by atoms with Gasteiger partial charge in [0.25, 0.3) is 5.56 Å². The van der Waals surface area contributed by atoms with E-state index in [9.17, 15) is 14.4 Å². The van der Waals surface area contributed by atoms with Crippen LogP contribution in [0.2, 0.25) is 0 Å². The van der Waals surface area contributed by atoms with Gasteiger partial charge < -0.3 is 14.8 Å². The van der Waals surface area contributed by atoms with Crippen molar-refractivity contribution in [3.8, 4) is 0 Å². The molecule has 0 radical (unpaired) electrons. The lowest BCUT2D eigenvalue weighted by Crippen LogP contribution is -2.49. The summed E-state index contributed by atoms with van der Waals surface area (Å²) in [5.41, 5.74) is 2.73. The first-order chi connectivity index (χ1) is 13.0. The lowest BCUT2D eigenvalue weighted by molar-refractivity contribution is -0.136. The predicted molar refractivity (Wildman–Crippen MR) is 103 cm³/mol. The highest BCUT2D eigenvalue weighted by Crippen LogP contribution is 2.35. The third-order valence-corrected chi connectivity index (χ3v) is 5.56. The number of para-hydroxylation sites is 1. The molecule has 1 N–H and O–H groups in total. The summed E-state index contributed by atoms with van der Waals surface area (Å²) in [5.74, 6) is -0.0151. The Hall–Kier alpha value is -2.89. The number of fused-ring (bicyclic) bond motifs is 4. The van der Waals surface area contributed by atoms with Crippen molar-refractivity contribution in [2.45, 2.75) is 32.2 Å². The first kappa shape index (κ1) is 17.5. The minimum absolute atomic E-state index is 0.0274. The molecule has 2 amide bonds. The molecule has 6 nitrogen and oxygen atoms in total. The van der Waals surface area contributed by atoms with Gasteiger partial charge in [-0.1, -0.05) is 24.3 Å². The topological polar surface area (TPSA) is 71.4 Å². The van der Waals surface area contributed by atoms with E-state index in [1.54, 1.807) is 17.0 Å². The molecule has 1 aromatic heterocycles. The van der Waals surface area contributed by atoms with Gasteiger partial charge in [0.05, 0.1) is 0 Å². The molecule has 0 saturated carbocycles. The Morgan fingerprint density at radius 3 is 2.70 bits per heavy atom. The van der Waals surface area contributed by atoms with Gasteiger partial charge in [-0.05, 0) is 37.0 Å². The lowest BCUT2D eigenvalue weighted by atomic mass is 9.83. The Kier molecular flexibility index (Phi) is 4.56. The van der Waals surface area contributed by atoms with Crippen LogP contribution in [0, 0.1) is 12.8 Å². The fraction of sp³-hybridized carbons (Fsp3) is 0.381. The molecule has 0 aliphatic carbocycles. The van der Waals surface area contributed by atoms with E-state index in [0.717, 1.165) is 23.4 Å². The van der Waals surface area contributed by atoms with Gasteiger partial charge in [-0.2, -0.15) is 0 Å². The predicted octanol–water partition coefficient (Wildman–Crippen LogP) is 2.13. The summed E-state index contributed by atoms with van der Waals surface area (Å²) in [6, 6.07) is 12.9. The number of piperidine rings is 1. The molecule has 1 saturated heterocycles. The summed E-state index contributed by atoms with van der Waals surface area (Å²) in [6.45, 7) is 3.73. The normalized spacial score (nSPS) is 20.7. The van der Waals surface area contributed by atoms with Crippen molar-refractivity contribution >= 4 is 17.5 Å². The molecular formula is C21H23N3O3. The summed E-state index contributed by atoms with van der Waals surface area (Å²) in [6.07, 6.45) is 0.831. The highest BCUT2D eigenvalue weighted by Gasteiger charge is 2.36. The zero-order valence-electron chi connectivity index (χ0n) is 15.4. The molecule has 0 spiro atoms. The molecule has 2 aromatic rings. The fourth-order valence-corrected chi connectivity index (χ4v) is 4.26. The number of hydrogen-bond acceptors (Lipinski definition) is 3. The van der Waals surface area contributed by atoms with Crippen molar-refractivity contribution in [2.24, 2.45) is 5.92 Å². The van der Waals surface area contributed by atoms with Crippen LogP contribution in [0.4, 0.5) is 5.69 Å². The first-order valence-electron chi connectivity index (χ1n) is 9.34. The summed E-state index contributed by atoms with van der Waals surface area (Å²) < 4.78 is 1.84. The van der Waals surface area contributed by atoms with E-state index in [4.69, 9.17) is 0 Å². The zero-order chi connectivity index (χ0) is 19.0. The van der Waals surface area contributed by atoms with Crippen LogP contribution in [0.15, 0.2) is 47.3 Å². The van der Waals surface area contributed by atoms with Gasteiger partial charge in [0.2, 0.25) is 11.8 Å². The lowest BCUT2D eigenvalue weighted by Gasteiger charge is -2.42. The number of aryl methyl sites for hydroxylation is 1. The van der Waals surface area contributed by atoms with Crippen molar-refractivity contribution in [1.82, 2.24) is 9.47 Å². The standard InChI is InChI=1S/C21H23N3O3/c1-14-5-2-3-6-17(14)22-19(25)10-21(27)23-11-15-9-16(13-23)18-7-4-8-20(26)24(18)12-15/h2-8,15-16H,9-13H2,1H3,(H,22,25). The Bertz CT molecular complexity index is 950. The van der Waals surface area contributed by atoms with Crippen molar-refractivity contribution < 1.29 is 9.59 Å². The van der Waals surface area contributed by atoms with E-state index in [-0.39, 0.29) is 35.6 Å². The van der Waals surface area contributed by atoms with Gasteiger partial charge in [-0.3, -0.25) is 14.4 Å². The van der Waals surface area contributed by atoms with E-state index in [1.807, 2.05) is 41.8 Å². The van der Waals surface area contributed by atoms with Crippen LogP contribution in [0.25, 0.3) is 0 Å². The van der Waals surface area contributed by atoms with Gasteiger partial charge in [-0.25, -0.2) is 0 Å². The van der Waals surface area contributed by atoms with E-state index in [2.05, 4.69) is 5.32 Å². The molecule has 4 rings (SSSR count). The number of pyridine rings is 1. The van der Waals surface area contributed by atoms with Crippen LogP contribution < -0.4 is 10.9 Å². The third-order valence-electron chi connectivity index (χ3n) is 5.56. The van der Waals surface area contributed by atoms with Gasteiger partial charge in [0.15, 0.2) is 0 Å². The molecule has 2 unspecified atom stereocenters. The maximum absolute atomic E-state index is 12.7. The molecule has 2 atom stereocenters. The Balaban J connectivity index is 1.43. The van der Waals surface area contributed by atoms with Crippen molar-refractivity contribution in [3.63, 3.8) is 0 Å². The highest BCUT2D eigenvalue weighted by molar-refractivity contribution is 6.03. The maximum Gasteiger partial charge on any atom is 0.250 e. The zero-order valence-corrected chi connectivity index (χ0v) is 15.4. The number of benzene rings is 1. The third kappa shape index (κ3) is 3.52. The van der Waals surface area contributed by atoms with E-state index < -0.39 is 0 Å². The van der Waals surface area contributed by atoms with Crippen molar-refractivity contribution in [1.29, 1.82) is 0 Å². The number of nitrogens with zero attached hydrogens (tertiary/aromatic N) is 2.